The van der Waals surface area contributed by atoms with Crippen LogP contribution in [0.25, 0.3) is 0 Å². The number of hydrogen-bond donors (Lipinski definition) is 2. The molecule has 0 amide bonds. The van der Waals surface area contributed by atoms with Crippen molar-refractivity contribution in [3.05, 3.63) is 35.4 Å². The minimum Gasteiger partial charge on any atom is -0.394 e. The van der Waals surface area contributed by atoms with Crippen molar-refractivity contribution < 1.29 is 5.11 Å². The first-order chi connectivity index (χ1) is 9.26. The lowest BCUT2D eigenvalue weighted by Gasteiger charge is -2.45. The summed E-state index contributed by atoms with van der Waals surface area (Å²) in [4.78, 5) is 2.43. The molecule has 1 saturated heterocycles. The molecule has 0 bridgehead atoms. The summed E-state index contributed by atoms with van der Waals surface area (Å²) in [6, 6.07) is 8.77. The van der Waals surface area contributed by atoms with E-state index in [-0.39, 0.29) is 12.1 Å². The highest BCUT2D eigenvalue weighted by Gasteiger charge is 2.36. The van der Waals surface area contributed by atoms with Gasteiger partial charge in [-0.05, 0) is 24.0 Å². The molecule has 106 valence electrons. The van der Waals surface area contributed by atoms with E-state index in [0.29, 0.717) is 0 Å². The average molecular weight is 262 g/mol. The smallest absolute Gasteiger partial charge is 0.0692 e. The molecule has 0 aromatic heterocycles. The predicted octanol–water partition coefficient (Wildman–Crippen LogP) is 1.75. The van der Waals surface area contributed by atoms with Gasteiger partial charge in [-0.25, -0.2) is 0 Å². The van der Waals surface area contributed by atoms with Crippen LogP contribution in [0.5, 0.6) is 0 Å². The molecule has 2 rings (SSSR count). The number of aryl methyl sites for hydroxylation is 1. The van der Waals surface area contributed by atoms with Crippen LogP contribution in [-0.2, 0) is 12.0 Å². The summed E-state index contributed by atoms with van der Waals surface area (Å²) < 4.78 is 0. The molecule has 19 heavy (non-hydrogen) atoms. The summed E-state index contributed by atoms with van der Waals surface area (Å²) in [5.41, 5.74) is 2.39. The third-order valence-electron chi connectivity index (χ3n) is 4.47. The maximum Gasteiger partial charge on any atom is 0.0692 e. The second-order valence-electron chi connectivity index (χ2n) is 5.33. The fraction of sp³-hybridized carbons (Fsp3) is 0.625. The molecule has 0 radical (unpaired) electrons. The van der Waals surface area contributed by atoms with Crippen molar-refractivity contribution in [3.63, 3.8) is 0 Å². The molecule has 1 unspecified atom stereocenters. The van der Waals surface area contributed by atoms with Gasteiger partial charge in [0, 0.05) is 26.2 Å². The Bertz CT molecular complexity index is 378. The van der Waals surface area contributed by atoms with E-state index >= 15 is 0 Å². The molecule has 1 aromatic rings. The monoisotopic (exact) mass is 262 g/mol. The SMILES string of the molecule is CCc1ccc(C(CC)(CO)N2CCNCC2)cc1. The molecule has 0 spiro atoms. The first-order valence-electron chi connectivity index (χ1n) is 7.43. The Morgan fingerprint density at radius 1 is 1.16 bits per heavy atom. The van der Waals surface area contributed by atoms with Crippen LogP contribution in [0.3, 0.4) is 0 Å². The maximum absolute atomic E-state index is 10.0. The van der Waals surface area contributed by atoms with Crippen LogP contribution in [-0.4, -0.2) is 42.8 Å². The molecule has 1 heterocycles. The number of benzene rings is 1. The number of aliphatic hydroxyl groups excluding tert-OH is 1. The summed E-state index contributed by atoms with van der Waals surface area (Å²) >= 11 is 0. The summed E-state index contributed by atoms with van der Waals surface area (Å²) in [5, 5.41) is 13.4. The van der Waals surface area contributed by atoms with Gasteiger partial charge in [-0.15, -0.1) is 0 Å². The van der Waals surface area contributed by atoms with Crippen LogP contribution in [0, 0.1) is 0 Å². The van der Waals surface area contributed by atoms with E-state index in [1.54, 1.807) is 0 Å². The van der Waals surface area contributed by atoms with Crippen LogP contribution >= 0.6 is 0 Å². The number of hydrogen-bond acceptors (Lipinski definition) is 3. The van der Waals surface area contributed by atoms with Gasteiger partial charge in [0.2, 0.25) is 0 Å². The summed E-state index contributed by atoms with van der Waals surface area (Å²) in [6.45, 7) is 8.56. The fourth-order valence-corrected chi connectivity index (χ4v) is 3.06. The first-order valence-corrected chi connectivity index (χ1v) is 7.43. The predicted molar refractivity (Wildman–Crippen MR) is 79.3 cm³/mol. The molecule has 1 fully saturated rings. The van der Waals surface area contributed by atoms with Crippen LogP contribution in [0.1, 0.15) is 31.4 Å². The van der Waals surface area contributed by atoms with Crippen molar-refractivity contribution in [1.29, 1.82) is 0 Å². The first kappa shape index (κ1) is 14.5. The quantitative estimate of drug-likeness (QED) is 0.848. The highest BCUT2D eigenvalue weighted by Crippen LogP contribution is 2.32. The Labute approximate surface area is 116 Å². The summed E-state index contributed by atoms with van der Waals surface area (Å²) in [6.07, 6.45) is 2.00. The number of nitrogens with zero attached hydrogens (tertiary/aromatic N) is 1. The highest BCUT2D eigenvalue weighted by atomic mass is 16.3. The van der Waals surface area contributed by atoms with Gasteiger partial charge >= 0.3 is 0 Å². The molecule has 1 atom stereocenters. The lowest BCUT2D eigenvalue weighted by atomic mass is 9.85. The second kappa shape index (κ2) is 6.51. The molecule has 1 aromatic carbocycles. The van der Waals surface area contributed by atoms with Crippen LogP contribution in [0.4, 0.5) is 0 Å². The molecule has 3 nitrogen and oxygen atoms in total. The number of rotatable bonds is 5. The van der Waals surface area contributed by atoms with Crippen LogP contribution < -0.4 is 5.32 Å². The molecule has 1 aliphatic rings. The number of aliphatic hydroxyl groups is 1. The van der Waals surface area contributed by atoms with Crippen LogP contribution in [0.2, 0.25) is 0 Å². The minimum absolute atomic E-state index is 0.189. The van der Waals surface area contributed by atoms with E-state index in [9.17, 15) is 5.11 Å². The number of nitrogens with one attached hydrogen (secondary N) is 1. The standard InChI is InChI=1S/C16H26N2O/c1-3-14-5-7-15(8-6-14)16(4-2,13-19)18-11-9-17-10-12-18/h5-8,17,19H,3-4,9-13H2,1-2H3. The zero-order valence-electron chi connectivity index (χ0n) is 12.2. The third kappa shape index (κ3) is 2.83. The highest BCUT2D eigenvalue weighted by molar-refractivity contribution is 5.29. The van der Waals surface area contributed by atoms with E-state index in [2.05, 4.69) is 48.3 Å². The Balaban J connectivity index is 2.30. The van der Waals surface area contributed by atoms with Gasteiger partial charge in [0.1, 0.15) is 0 Å². The van der Waals surface area contributed by atoms with Gasteiger partial charge in [-0.2, -0.15) is 0 Å². The van der Waals surface area contributed by atoms with E-state index < -0.39 is 0 Å². The molecule has 2 N–H and O–H groups in total. The van der Waals surface area contributed by atoms with E-state index in [0.717, 1.165) is 39.0 Å². The topological polar surface area (TPSA) is 35.5 Å². The van der Waals surface area contributed by atoms with Gasteiger partial charge in [0.15, 0.2) is 0 Å². The van der Waals surface area contributed by atoms with E-state index in [1.165, 1.54) is 11.1 Å². The normalized spacial score (nSPS) is 20.2. The molecular weight excluding hydrogens is 236 g/mol. The van der Waals surface area contributed by atoms with Crippen molar-refractivity contribution in [2.45, 2.75) is 32.2 Å². The Hall–Kier alpha value is -0.900. The maximum atomic E-state index is 10.0. The lowest BCUT2D eigenvalue weighted by molar-refractivity contribution is 0.0138. The minimum atomic E-state index is -0.214. The summed E-state index contributed by atoms with van der Waals surface area (Å²) in [7, 11) is 0. The van der Waals surface area contributed by atoms with E-state index in [1.807, 2.05) is 0 Å². The molecule has 0 saturated carbocycles. The Morgan fingerprint density at radius 3 is 2.26 bits per heavy atom. The largest absolute Gasteiger partial charge is 0.394 e. The molecular formula is C16H26N2O. The zero-order chi connectivity index (χ0) is 13.7. The fourth-order valence-electron chi connectivity index (χ4n) is 3.06. The van der Waals surface area contributed by atoms with Crippen molar-refractivity contribution in [3.8, 4) is 0 Å². The molecule has 1 aliphatic heterocycles. The molecule has 0 aliphatic carbocycles. The van der Waals surface area contributed by atoms with Crippen molar-refractivity contribution in [1.82, 2.24) is 10.2 Å². The summed E-state index contributed by atoms with van der Waals surface area (Å²) in [5.74, 6) is 0. The van der Waals surface area contributed by atoms with Crippen molar-refractivity contribution in [2.75, 3.05) is 32.8 Å². The van der Waals surface area contributed by atoms with Gasteiger partial charge in [-0.1, -0.05) is 38.1 Å². The van der Waals surface area contributed by atoms with Crippen molar-refractivity contribution in [2.24, 2.45) is 0 Å². The third-order valence-corrected chi connectivity index (χ3v) is 4.47. The van der Waals surface area contributed by atoms with Gasteiger partial charge in [0.05, 0.1) is 12.1 Å². The Morgan fingerprint density at radius 2 is 1.79 bits per heavy atom. The van der Waals surface area contributed by atoms with Gasteiger partial charge < -0.3 is 10.4 Å². The molecule has 3 heteroatoms. The Kier molecular flexibility index (Phi) is 4.97. The average Bonchev–Trinajstić information content (AvgIpc) is 2.51. The van der Waals surface area contributed by atoms with Crippen LogP contribution in [0.15, 0.2) is 24.3 Å². The lowest BCUT2D eigenvalue weighted by Crippen LogP contribution is -2.56. The zero-order valence-corrected chi connectivity index (χ0v) is 12.2. The number of piperazine rings is 1. The second-order valence-corrected chi connectivity index (χ2v) is 5.33. The van der Waals surface area contributed by atoms with E-state index in [4.69, 9.17) is 0 Å². The van der Waals surface area contributed by atoms with Gasteiger partial charge in [0.25, 0.3) is 0 Å². The van der Waals surface area contributed by atoms with Gasteiger partial charge in [-0.3, -0.25) is 4.90 Å². The van der Waals surface area contributed by atoms with Crippen molar-refractivity contribution >= 4 is 0 Å².